The van der Waals surface area contributed by atoms with Gasteiger partial charge >= 0.3 is 0 Å². The van der Waals surface area contributed by atoms with Crippen LogP contribution in [-0.2, 0) is 9.53 Å². The van der Waals surface area contributed by atoms with Gasteiger partial charge in [0, 0.05) is 25.0 Å². The molecule has 0 aromatic rings. The Hall–Kier alpha value is -0.610. The van der Waals surface area contributed by atoms with E-state index in [2.05, 4.69) is 17.1 Å². The molecule has 0 radical (unpaired) electrons. The first-order valence-corrected chi connectivity index (χ1v) is 9.28. The molecule has 0 unspecified atom stereocenters. The Bertz CT molecular complexity index is 375. The lowest BCUT2D eigenvalue weighted by Crippen LogP contribution is -2.51. The summed E-state index contributed by atoms with van der Waals surface area (Å²) in [5.41, 5.74) is 0.342. The van der Waals surface area contributed by atoms with Crippen molar-refractivity contribution in [3.05, 3.63) is 0 Å². The van der Waals surface area contributed by atoms with E-state index in [0.717, 1.165) is 32.8 Å². The Balaban J connectivity index is 1.48. The molecule has 3 rings (SSSR count). The second kappa shape index (κ2) is 7.31. The lowest BCUT2D eigenvalue weighted by Gasteiger charge is -2.43. The molecule has 0 aromatic heterocycles. The minimum absolute atomic E-state index is 0.0252. The van der Waals surface area contributed by atoms with Gasteiger partial charge in [-0.15, -0.1) is 0 Å². The molecule has 1 spiro atoms. The van der Waals surface area contributed by atoms with Gasteiger partial charge < -0.3 is 10.1 Å². The molecule has 1 aliphatic heterocycles. The molecule has 2 saturated carbocycles. The molecule has 3 aliphatic rings. The molecular weight excluding hydrogens is 276 g/mol. The summed E-state index contributed by atoms with van der Waals surface area (Å²) < 4.78 is 5.79. The van der Waals surface area contributed by atoms with Crippen LogP contribution in [0.3, 0.4) is 0 Å². The molecule has 0 aromatic carbocycles. The highest BCUT2D eigenvalue weighted by Crippen LogP contribution is 2.43. The van der Waals surface area contributed by atoms with Crippen molar-refractivity contribution in [1.29, 1.82) is 0 Å². The van der Waals surface area contributed by atoms with Gasteiger partial charge in [-0.3, -0.25) is 9.69 Å². The van der Waals surface area contributed by atoms with Gasteiger partial charge in [-0.25, -0.2) is 0 Å². The first-order chi connectivity index (χ1) is 10.7. The number of ether oxygens (including phenoxy) is 1. The summed E-state index contributed by atoms with van der Waals surface area (Å²) in [5, 5.41) is 3.21. The summed E-state index contributed by atoms with van der Waals surface area (Å²) in [5.74, 6) is 0.914. The van der Waals surface area contributed by atoms with E-state index < -0.39 is 0 Å². The van der Waals surface area contributed by atoms with E-state index in [0.29, 0.717) is 11.3 Å². The molecule has 4 nitrogen and oxygen atoms in total. The van der Waals surface area contributed by atoms with Gasteiger partial charge in [0.1, 0.15) is 0 Å². The molecule has 4 heteroatoms. The molecule has 1 atom stereocenters. The number of carbonyl (C=O) groups excluding carboxylic acids is 1. The Morgan fingerprint density at radius 1 is 1.27 bits per heavy atom. The first-order valence-electron chi connectivity index (χ1n) is 9.28. The molecule has 22 heavy (non-hydrogen) atoms. The predicted molar refractivity (Wildman–Crippen MR) is 87.7 cm³/mol. The molecule has 1 N–H and O–H groups in total. The number of hydrogen-bond donors (Lipinski definition) is 1. The second-order valence-corrected chi connectivity index (χ2v) is 7.80. The maximum absolute atomic E-state index is 12.5. The number of amides is 1. The van der Waals surface area contributed by atoms with Gasteiger partial charge in [0.05, 0.1) is 19.3 Å². The van der Waals surface area contributed by atoms with Crippen LogP contribution in [0.15, 0.2) is 0 Å². The number of nitrogens with one attached hydrogen (secondary N) is 1. The summed E-state index contributed by atoms with van der Waals surface area (Å²) in [4.78, 5) is 14.9. The van der Waals surface area contributed by atoms with Gasteiger partial charge in [-0.1, -0.05) is 25.7 Å². The van der Waals surface area contributed by atoms with Crippen LogP contribution in [0.2, 0.25) is 0 Å². The minimum atomic E-state index is -0.0252. The second-order valence-electron chi connectivity index (χ2n) is 7.80. The minimum Gasteiger partial charge on any atom is -0.379 e. The van der Waals surface area contributed by atoms with E-state index >= 15 is 0 Å². The highest BCUT2D eigenvalue weighted by atomic mass is 16.5. The average molecular weight is 308 g/mol. The van der Waals surface area contributed by atoms with E-state index in [1.54, 1.807) is 0 Å². The van der Waals surface area contributed by atoms with Crippen LogP contribution >= 0.6 is 0 Å². The molecule has 1 amide bonds. The zero-order valence-electron chi connectivity index (χ0n) is 14.1. The SMILES string of the molecule is C[C@@H](C(=O)NCC1CCCCC1)N1CCOCC2(CCC2)C1. The highest BCUT2D eigenvalue weighted by Gasteiger charge is 2.41. The van der Waals surface area contributed by atoms with Crippen LogP contribution in [0.4, 0.5) is 0 Å². The van der Waals surface area contributed by atoms with E-state index in [4.69, 9.17) is 4.74 Å². The Morgan fingerprint density at radius 3 is 2.73 bits per heavy atom. The van der Waals surface area contributed by atoms with Crippen molar-refractivity contribution in [2.45, 2.75) is 64.3 Å². The number of nitrogens with zero attached hydrogens (tertiary/aromatic N) is 1. The van der Waals surface area contributed by atoms with Crippen LogP contribution in [-0.4, -0.2) is 49.7 Å². The topological polar surface area (TPSA) is 41.6 Å². The van der Waals surface area contributed by atoms with Crippen molar-refractivity contribution in [3.63, 3.8) is 0 Å². The normalized spacial score (nSPS) is 27.9. The average Bonchev–Trinajstić information content (AvgIpc) is 2.76. The number of carbonyl (C=O) groups is 1. The summed E-state index contributed by atoms with van der Waals surface area (Å²) in [6, 6.07) is -0.0252. The zero-order valence-corrected chi connectivity index (χ0v) is 14.1. The lowest BCUT2D eigenvalue weighted by molar-refractivity contribution is -0.126. The Kier molecular flexibility index (Phi) is 5.40. The van der Waals surface area contributed by atoms with Gasteiger partial charge in [0.2, 0.25) is 5.91 Å². The van der Waals surface area contributed by atoms with Crippen molar-refractivity contribution in [2.24, 2.45) is 11.3 Å². The van der Waals surface area contributed by atoms with Crippen LogP contribution in [0, 0.1) is 11.3 Å². The van der Waals surface area contributed by atoms with Crippen LogP contribution in [0.25, 0.3) is 0 Å². The summed E-state index contributed by atoms with van der Waals surface area (Å²) in [6.45, 7) is 6.51. The quantitative estimate of drug-likeness (QED) is 0.868. The van der Waals surface area contributed by atoms with Crippen LogP contribution in [0.1, 0.15) is 58.3 Å². The van der Waals surface area contributed by atoms with Crippen molar-refractivity contribution < 1.29 is 9.53 Å². The third kappa shape index (κ3) is 3.83. The van der Waals surface area contributed by atoms with Crippen molar-refractivity contribution in [3.8, 4) is 0 Å². The molecule has 1 heterocycles. The zero-order chi connectivity index (χ0) is 15.4. The summed E-state index contributed by atoms with van der Waals surface area (Å²) >= 11 is 0. The monoisotopic (exact) mass is 308 g/mol. The summed E-state index contributed by atoms with van der Waals surface area (Å²) in [7, 11) is 0. The van der Waals surface area contributed by atoms with E-state index in [-0.39, 0.29) is 11.9 Å². The number of hydrogen-bond acceptors (Lipinski definition) is 3. The predicted octanol–water partition coefficient (Wildman–Crippen LogP) is 2.57. The van der Waals surface area contributed by atoms with Gasteiger partial charge in [-0.05, 0) is 38.5 Å². The molecule has 1 saturated heterocycles. The van der Waals surface area contributed by atoms with E-state index in [1.807, 2.05) is 0 Å². The van der Waals surface area contributed by atoms with Gasteiger partial charge in [0.25, 0.3) is 0 Å². The molecule has 126 valence electrons. The highest BCUT2D eigenvalue weighted by molar-refractivity contribution is 5.81. The molecular formula is C18H32N2O2. The molecule has 0 bridgehead atoms. The van der Waals surface area contributed by atoms with E-state index in [9.17, 15) is 4.79 Å². The third-order valence-corrected chi connectivity index (χ3v) is 6.10. The first kappa shape index (κ1) is 16.3. The van der Waals surface area contributed by atoms with Crippen molar-refractivity contribution >= 4 is 5.91 Å². The van der Waals surface area contributed by atoms with Crippen LogP contribution in [0.5, 0.6) is 0 Å². The lowest BCUT2D eigenvalue weighted by atomic mass is 9.69. The molecule has 2 aliphatic carbocycles. The third-order valence-electron chi connectivity index (χ3n) is 6.10. The standard InChI is InChI=1S/C18H32N2O2/c1-15(17(21)19-12-16-6-3-2-4-7-16)20-10-11-22-14-18(13-20)8-5-9-18/h15-16H,2-14H2,1H3,(H,19,21)/t15-/m0/s1. The van der Waals surface area contributed by atoms with Gasteiger partial charge in [0.15, 0.2) is 0 Å². The fourth-order valence-corrected chi connectivity index (χ4v) is 4.29. The maximum atomic E-state index is 12.5. The van der Waals surface area contributed by atoms with Crippen LogP contribution < -0.4 is 5.32 Å². The number of rotatable bonds is 4. The van der Waals surface area contributed by atoms with Crippen molar-refractivity contribution in [1.82, 2.24) is 10.2 Å². The summed E-state index contributed by atoms with van der Waals surface area (Å²) in [6.07, 6.45) is 10.5. The maximum Gasteiger partial charge on any atom is 0.237 e. The fraction of sp³-hybridized carbons (Fsp3) is 0.944. The largest absolute Gasteiger partial charge is 0.379 e. The smallest absolute Gasteiger partial charge is 0.237 e. The van der Waals surface area contributed by atoms with Gasteiger partial charge in [-0.2, -0.15) is 0 Å². The fourth-order valence-electron chi connectivity index (χ4n) is 4.29. The van der Waals surface area contributed by atoms with E-state index in [1.165, 1.54) is 51.4 Å². The Morgan fingerprint density at radius 2 is 2.05 bits per heavy atom. The van der Waals surface area contributed by atoms with Crippen molar-refractivity contribution in [2.75, 3.05) is 32.8 Å². The molecule has 3 fully saturated rings. The Labute approximate surface area is 135 Å².